The molecule has 96 valence electrons. The highest BCUT2D eigenvalue weighted by atomic mass is 16.5. The highest BCUT2D eigenvalue weighted by molar-refractivity contribution is 5.79. The summed E-state index contributed by atoms with van der Waals surface area (Å²) in [5.74, 6) is 0.870. The van der Waals surface area contributed by atoms with E-state index in [0.29, 0.717) is 0 Å². The summed E-state index contributed by atoms with van der Waals surface area (Å²) in [6.07, 6.45) is 2.11. The fourth-order valence-electron chi connectivity index (χ4n) is 1.25. The topological polar surface area (TPSA) is 48.9 Å². The molecule has 2 N–H and O–H groups in total. The smallest absolute Gasteiger partial charge is 0.190 e. The van der Waals surface area contributed by atoms with Gasteiger partial charge in [0.15, 0.2) is 5.96 Å². The van der Waals surface area contributed by atoms with Crippen molar-refractivity contribution in [1.82, 2.24) is 15.5 Å². The molecule has 5 nitrogen and oxygen atoms in total. The third-order valence-corrected chi connectivity index (χ3v) is 2.12. The average Bonchev–Trinajstić information content (AvgIpc) is 2.26. The van der Waals surface area contributed by atoms with Gasteiger partial charge in [-0.25, -0.2) is 0 Å². The van der Waals surface area contributed by atoms with Crippen molar-refractivity contribution in [3.05, 3.63) is 0 Å². The molecule has 0 aliphatic rings. The minimum atomic E-state index is 0.782. The first-order valence-corrected chi connectivity index (χ1v) is 5.79. The summed E-state index contributed by atoms with van der Waals surface area (Å²) in [6.45, 7) is 3.71. The van der Waals surface area contributed by atoms with E-state index in [1.165, 1.54) is 0 Å². The summed E-state index contributed by atoms with van der Waals surface area (Å²) in [5.41, 5.74) is 0. The molecule has 0 amide bonds. The van der Waals surface area contributed by atoms with Crippen LogP contribution in [-0.2, 0) is 4.74 Å². The van der Waals surface area contributed by atoms with Crippen LogP contribution in [0.5, 0.6) is 0 Å². The molecule has 0 aromatic carbocycles. The number of nitrogens with one attached hydrogen (secondary N) is 2. The van der Waals surface area contributed by atoms with Crippen LogP contribution >= 0.6 is 0 Å². The van der Waals surface area contributed by atoms with Crippen LogP contribution in [0.3, 0.4) is 0 Å². The number of guanidine groups is 1. The van der Waals surface area contributed by atoms with Crippen molar-refractivity contribution in [2.24, 2.45) is 4.99 Å². The maximum absolute atomic E-state index is 4.98. The van der Waals surface area contributed by atoms with Crippen molar-refractivity contribution in [2.45, 2.75) is 12.8 Å². The lowest BCUT2D eigenvalue weighted by atomic mass is 10.4. The zero-order valence-corrected chi connectivity index (χ0v) is 11.0. The second kappa shape index (κ2) is 10.7. The maximum Gasteiger partial charge on any atom is 0.190 e. The molecule has 0 aliphatic heterocycles. The van der Waals surface area contributed by atoms with Gasteiger partial charge >= 0.3 is 0 Å². The number of hydrogen-bond donors (Lipinski definition) is 2. The minimum Gasteiger partial charge on any atom is -0.385 e. The number of nitrogens with zero attached hydrogens (tertiary/aromatic N) is 2. The first-order valence-electron chi connectivity index (χ1n) is 5.79. The minimum absolute atomic E-state index is 0.782. The first-order chi connectivity index (χ1) is 7.70. The van der Waals surface area contributed by atoms with E-state index in [-0.39, 0.29) is 0 Å². The Morgan fingerprint density at radius 2 is 1.81 bits per heavy atom. The van der Waals surface area contributed by atoms with Crippen molar-refractivity contribution in [2.75, 3.05) is 54.5 Å². The Balaban J connectivity index is 3.45. The maximum atomic E-state index is 4.98. The second-order valence-corrected chi connectivity index (χ2v) is 3.93. The quantitative estimate of drug-likeness (QED) is 0.354. The van der Waals surface area contributed by atoms with Gasteiger partial charge in [0, 0.05) is 33.9 Å². The van der Waals surface area contributed by atoms with Crippen LogP contribution in [0.4, 0.5) is 0 Å². The Morgan fingerprint density at radius 3 is 2.31 bits per heavy atom. The van der Waals surface area contributed by atoms with Crippen LogP contribution in [0.2, 0.25) is 0 Å². The molecular formula is C11H26N4O. The van der Waals surface area contributed by atoms with E-state index >= 15 is 0 Å². The van der Waals surface area contributed by atoms with Gasteiger partial charge in [-0.1, -0.05) is 0 Å². The molecule has 0 aromatic rings. The van der Waals surface area contributed by atoms with E-state index in [1.807, 2.05) is 0 Å². The fraction of sp³-hybridized carbons (Fsp3) is 0.909. The summed E-state index contributed by atoms with van der Waals surface area (Å²) in [7, 11) is 7.67. The van der Waals surface area contributed by atoms with Crippen LogP contribution in [0.1, 0.15) is 12.8 Å². The summed E-state index contributed by atoms with van der Waals surface area (Å²) in [5, 5.41) is 6.51. The van der Waals surface area contributed by atoms with Crippen LogP contribution in [0, 0.1) is 0 Å². The number of hydrogen-bond acceptors (Lipinski definition) is 3. The van der Waals surface area contributed by atoms with Gasteiger partial charge in [0.25, 0.3) is 0 Å². The normalized spacial score (nSPS) is 11.9. The second-order valence-electron chi connectivity index (χ2n) is 3.93. The van der Waals surface area contributed by atoms with Gasteiger partial charge in [0.1, 0.15) is 0 Å². The van der Waals surface area contributed by atoms with Crippen LogP contribution in [-0.4, -0.2) is 65.4 Å². The number of methoxy groups -OCH3 is 1. The molecule has 0 atom stereocenters. The van der Waals surface area contributed by atoms with E-state index in [2.05, 4.69) is 34.6 Å². The zero-order chi connectivity index (χ0) is 12.2. The lowest BCUT2D eigenvalue weighted by Crippen LogP contribution is -2.39. The van der Waals surface area contributed by atoms with Crippen LogP contribution < -0.4 is 10.6 Å². The van der Waals surface area contributed by atoms with Gasteiger partial charge in [-0.05, 0) is 33.5 Å². The molecule has 0 radical (unpaired) electrons. The Morgan fingerprint density at radius 1 is 1.19 bits per heavy atom. The lowest BCUT2D eigenvalue weighted by molar-refractivity contribution is 0.195. The summed E-state index contributed by atoms with van der Waals surface area (Å²) < 4.78 is 4.98. The highest BCUT2D eigenvalue weighted by Gasteiger charge is 1.96. The van der Waals surface area contributed by atoms with E-state index in [9.17, 15) is 0 Å². The monoisotopic (exact) mass is 230 g/mol. The van der Waals surface area contributed by atoms with E-state index in [0.717, 1.165) is 45.0 Å². The molecule has 0 unspecified atom stereocenters. The predicted molar refractivity (Wildman–Crippen MR) is 69.0 cm³/mol. The average molecular weight is 230 g/mol. The zero-order valence-electron chi connectivity index (χ0n) is 11.0. The molecule has 0 bridgehead atoms. The van der Waals surface area contributed by atoms with Gasteiger partial charge in [-0.3, -0.25) is 4.99 Å². The number of aliphatic imine (C=N–C) groups is 1. The van der Waals surface area contributed by atoms with Crippen molar-refractivity contribution < 1.29 is 4.74 Å². The van der Waals surface area contributed by atoms with Gasteiger partial charge in [0.2, 0.25) is 0 Å². The number of rotatable bonds is 8. The molecule has 0 aromatic heterocycles. The van der Waals surface area contributed by atoms with Crippen molar-refractivity contribution >= 4 is 5.96 Å². The standard InChI is InChI=1S/C11H26N4O/c1-12-11(14-8-6-10-16-4)13-7-5-9-15(2)3/h5-10H2,1-4H3,(H2,12,13,14). The molecule has 0 spiro atoms. The number of ether oxygens (including phenoxy) is 1. The predicted octanol–water partition coefficient (Wildman–Crippen LogP) is 0.140. The first kappa shape index (κ1) is 15.2. The molecule has 0 aliphatic carbocycles. The van der Waals surface area contributed by atoms with E-state index in [4.69, 9.17) is 4.74 Å². The molecule has 0 saturated heterocycles. The molecule has 0 heterocycles. The third kappa shape index (κ3) is 9.73. The van der Waals surface area contributed by atoms with Gasteiger partial charge in [0.05, 0.1) is 0 Å². The molecule has 16 heavy (non-hydrogen) atoms. The fourth-order valence-corrected chi connectivity index (χ4v) is 1.25. The molecule has 5 heteroatoms. The Bertz CT molecular complexity index is 183. The summed E-state index contributed by atoms with van der Waals surface area (Å²) in [4.78, 5) is 6.32. The molecule has 0 saturated carbocycles. The van der Waals surface area contributed by atoms with Gasteiger partial charge < -0.3 is 20.3 Å². The van der Waals surface area contributed by atoms with Crippen LogP contribution in [0.25, 0.3) is 0 Å². The Kier molecular flexibility index (Phi) is 10.2. The van der Waals surface area contributed by atoms with Crippen molar-refractivity contribution in [3.63, 3.8) is 0 Å². The SMILES string of the molecule is CN=C(NCCCOC)NCCCN(C)C. The van der Waals surface area contributed by atoms with Crippen LogP contribution in [0.15, 0.2) is 4.99 Å². The third-order valence-electron chi connectivity index (χ3n) is 2.12. The Hall–Kier alpha value is -0.810. The van der Waals surface area contributed by atoms with Crippen molar-refractivity contribution in [1.29, 1.82) is 0 Å². The van der Waals surface area contributed by atoms with E-state index < -0.39 is 0 Å². The van der Waals surface area contributed by atoms with E-state index in [1.54, 1.807) is 14.2 Å². The molecular weight excluding hydrogens is 204 g/mol. The summed E-state index contributed by atoms with van der Waals surface area (Å²) in [6, 6.07) is 0. The molecule has 0 rings (SSSR count). The van der Waals surface area contributed by atoms with Crippen molar-refractivity contribution in [3.8, 4) is 0 Å². The van der Waals surface area contributed by atoms with Gasteiger partial charge in [-0.15, -0.1) is 0 Å². The highest BCUT2D eigenvalue weighted by Crippen LogP contribution is 1.82. The largest absolute Gasteiger partial charge is 0.385 e. The molecule has 0 fully saturated rings. The van der Waals surface area contributed by atoms with Gasteiger partial charge in [-0.2, -0.15) is 0 Å². The Labute approximate surface area is 99.3 Å². The lowest BCUT2D eigenvalue weighted by Gasteiger charge is -2.13. The summed E-state index contributed by atoms with van der Waals surface area (Å²) >= 11 is 0.